The molecule has 0 saturated carbocycles. The number of benzene rings is 3. The van der Waals surface area contributed by atoms with E-state index in [1.807, 2.05) is 12.1 Å². The average Bonchev–Trinajstić information content (AvgIpc) is 2.75. The summed E-state index contributed by atoms with van der Waals surface area (Å²) >= 11 is 3.36. The van der Waals surface area contributed by atoms with Crippen LogP contribution >= 0.6 is 15.9 Å². The van der Waals surface area contributed by atoms with Gasteiger partial charge in [-0.2, -0.15) is 0 Å². The maximum atomic E-state index is 12.9. The van der Waals surface area contributed by atoms with Crippen molar-refractivity contribution < 1.29 is 13.3 Å². The maximum absolute atomic E-state index is 12.9. The third kappa shape index (κ3) is 4.62. The van der Waals surface area contributed by atoms with Crippen LogP contribution in [0.4, 0.5) is 23.0 Å². The van der Waals surface area contributed by atoms with Crippen molar-refractivity contribution >= 4 is 60.0 Å². The first-order valence-corrected chi connectivity index (χ1v) is 11.2. The third-order valence-electron chi connectivity index (χ3n) is 4.25. The summed E-state index contributed by atoms with van der Waals surface area (Å²) in [4.78, 5) is 19.0. The highest BCUT2D eigenvalue weighted by Crippen LogP contribution is 2.28. The number of anilines is 3. The summed E-state index contributed by atoms with van der Waals surface area (Å²) in [5, 5.41) is 14.1. The molecule has 0 aliphatic carbocycles. The Morgan fingerprint density at radius 3 is 2.16 bits per heavy atom. The van der Waals surface area contributed by atoms with Gasteiger partial charge in [0.2, 0.25) is 0 Å². The monoisotopic (exact) mass is 499 g/mol. The van der Waals surface area contributed by atoms with E-state index in [0.29, 0.717) is 16.7 Å². The Morgan fingerprint density at radius 2 is 1.52 bits per heavy atom. The van der Waals surface area contributed by atoms with Crippen molar-refractivity contribution in [2.45, 2.75) is 4.90 Å². The number of nitro benzene ring substituents is 1. The van der Waals surface area contributed by atoms with Crippen LogP contribution in [-0.2, 0) is 10.0 Å². The van der Waals surface area contributed by atoms with Gasteiger partial charge in [0.05, 0.1) is 20.9 Å². The summed E-state index contributed by atoms with van der Waals surface area (Å²) in [5.41, 5.74) is 1.39. The van der Waals surface area contributed by atoms with Gasteiger partial charge in [-0.15, -0.1) is 0 Å². The lowest BCUT2D eigenvalue weighted by Gasteiger charge is -2.14. The summed E-state index contributed by atoms with van der Waals surface area (Å²) in [7, 11) is -4.16. The lowest BCUT2D eigenvalue weighted by atomic mass is 10.3. The van der Waals surface area contributed by atoms with Crippen LogP contribution in [0.1, 0.15) is 0 Å². The third-order valence-corrected chi connectivity index (χ3v) is 6.11. The SMILES string of the molecule is O=[N+]([O-])c1cccc(S(=O)(=O)Nc2nc3ccccc3nc2Nc2ccc(Br)cc2)c1. The first-order chi connectivity index (χ1) is 14.8. The Balaban J connectivity index is 1.77. The Hall–Kier alpha value is -3.57. The molecule has 1 aromatic heterocycles. The molecule has 0 aliphatic heterocycles. The van der Waals surface area contributed by atoms with Gasteiger partial charge < -0.3 is 5.32 Å². The van der Waals surface area contributed by atoms with Gasteiger partial charge in [0, 0.05) is 22.3 Å². The van der Waals surface area contributed by atoms with E-state index in [1.165, 1.54) is 18.2 Å². The lowest BCUT2D eigenvalue weighted by Crippen LogP contribution is -2.16. The second-order valence-corrected chi connectivity index (χ2v) is 9.00. The molecule has 11 heteroatoms. The molecule has 1 heterocycles. The Kier molecular flexibility index (Phi) is 5.53. The number of non-ortho nitro benzene ring substituents is 1. The molecule has 2 N–H and O–H groups in total. The number of nitrogens with one attached hydrogen (secondary N) is 2. The number of para-hydroxylation sites is 2. The molecule has 9 nitrogen and oxygen atoms in total. The molecule has 4 aromatic rings. The minimum atomic E-state index is -4.16. The van der Waals surface area contributed by atoms with E-state index in [1.54, 1.807) is 36.4 Å². The predicted octanol–water partition coefficient (Wildman–Crippen LogP) is 4.84. The van der Waals surface area contributed by atoms with Gasteiger partial charge in [0.1, 0.15) is 0 Å². The predicted molar refractivity (Wildman–Crippen MR) is 121 cm³/mol. The van der Waals surface area contributed by atoms with E-state index in [0.717, 1.165) is 10.5 Å². The summed E-state index contributed by atoms with van der Waals surface area (Å²) in [5.74, 6) is 0.156. The zero-order valence-corrected chi connectivity index (χ0v) is 18.1. The summed E-state index contributed by atoms with van der Waals surface area (Å²) in [6.45, 7) is 0. The van der Waals surface area contributed by atoms with Crippen molar-refractivity contribution in [2.75, 3.05) is 10.0 Å². The Morgan fingerprint density at radius 1 is 0.871 bits per heavy atom. The standard InChI is InChI=1S/C20H14BrN5O4S/c21-13-8-10-14(11-9-13)22-19-20(24-18-7-2-1-6-17(18)23-19)25-31(29,30)16-5-3-4-15(12-16)26(27)28/h1-12H,(H,22,23)(H,24,25). The second kappa shape index (κ2) is 8.28. The highest BCUT2D eigenvalue weighted by atomic mass is 79.9. The number of fused-ring (bicyclic) bond motifs is 1. The van der Waals surface area contributed by atoms with Crippen molar-refractivity contribution in [1.82, 2.24) is 9.97 Å². The first kappa shape index (κ1) is 20.7. The van der Waals surface area contributed by atoms with Gasteiger partial charge in [-0.05, 0) is 42.5 Å². The summed E-state index contributed by atoms with van der Waals surface area (Å²) < 4.78 is 29.1. The first-order valence-electron chi connectivity index (χ1n) is 8.88. The quantitative estimate of drug-likeness (QED) is 0.286. The van der Waals surface area contributed by atoms with Crippen molar-refractivity contribution in [1.29, 1.82) is 0 Å². The van der Waals surface area contributed by atoms with Crippen LogP contribution in [0.3, 0.4) is 0 Å². The molecule has 0 aliphatic rings. The van der Waals surface area contributed by atoms with E-state index >= 15 is 0 Å². The molecular weight excluding hydrogens is 486 g/mol. The Labute approximate surface area is 185 Å². The topological polar surface area (TPSA) is 127 Å². The highest BCUT2D eigenvalue weighted by Gasteiger charge is 2.21. The number of rotatable bonds is 6. The smallest absolute Gasteiger partial charge is 0.270 e. The summed E-state index contributed by atoms with van der Waals surface area (Å²) in [6.07, 6.45) is 0. The highest BCUT2D eigenvalue weighted by molar-refractivity contribution is 9.10. The van der Waals surface area contributed by atoms with Gasteiger partial charge in [-0.3, -0.25) is 14.8 Å². The largest absolute Gasteiger partial charge is 0.337 e. The number of hydrogen-bond donors (Lipinski definition) is 2. The molecular formula is C20H14BrN5O4S. The molecule has 31 heavy (non-hydrogen) atoms. The number of sulfonamides is 1. The minimum absolute atomic E-state index is 0.0341. The molecule has 0 amide bonds. The van der Waals surface area contributed by atoms with Gasteiger partial charge in [-0.25, -0.2) is 18.4 Å². The number of nitrogens with zero attached hydrogens (tertiary/aromatic N) is 3. The fraction of sp³-hybridized carbons (Fsp3) is 0. The van der Waals surface area contributed by atoms with Crippen LogP contribution in [-0.4, -0.2) is 23.3 Å². The van der Waals surface area contributed by atoms with Crippen LogP contribution in [0.25, 0.3) is 11.0 Å². The van der Waals surface area contributed by atoms with Crippen molar-refractivity contribution in [3.05, 3.63) is 87.4 Å². The molecule has 0 bridgehead atoms. The second-order valence-electron chi connectivity index (χ2n) is 6.40. The van der Waals surface area contributed by atoms with Crippen molar-refractivity contribution in [3.8, 4) is 0 Å². The normalized spacial score (nSPS) is 11.3. The van der Waals surface area contributed by atoms with Gasteiger partial charge in [-0.1, -0.05) is 34.1 Å². The van der Waals surface area contributed by atoms with Gasteiger partial charge in [0.15, 0.2) is 11.6 Å². The molecule has 0 fully saturated rings. The van der Waals surface area contributed by atoms with Crippen LogP contribution in [0.2, 0.25) is 0 Å². The number of halogens is 1. The fourth-order valence-corrected chi connectivity index (χ4v) is 4.09. The molecule has 0 spiro atoms. The van der Waals surface area contributed by atoms with Gasteiger partial charge in [0.25, 0.3) is 15.7 Å². The number of hydrogen-bond acceptors (Lipinski definition) is 7. The van der Waals surface area contributed by atoms with Crippen LogP contribution in [0.15, 0.2) is 82.2 Å². The van der Waals surface area contributed by atoms with Crippen molar-refractivity contribution in [2.24, 2.45) is 0 Å². The van der Waals surface area contributed by atoms with Crippen LogP contribution in [0, 0.1) is 10.1 Å². The number of nitro groups is 1. The lowest BCUT2D eigenvalue weighted by molar-refractivity contribution is -0.385. The minimum Gasteiger partial charge on any atom is -0.337 e. The zero-order valence-electron chi connectivity index (χ0n) is 15.7. The fourth-order valence-electron chi connectivity index (χ4n) is 2.78. The van der Waals surface area contributed by atoms with Crippen LogP contribution < -0.4 is 10.0 Å². The molecule has 0 saturated heterocycles. The van der Waals surface area contributed by atoms with E-state index in [4.69, 9.17) is 0 Å². The van der Waals surface area contributed by atoms with E-state index in [-0.39, 0.29) is 22.2 Å². The van der Waals surface area contributed by atoms with E-state index in [2.05, 4.69) is 35.9 Å². The van der Waals surface area contributed by atoms with E-state index in [9.17, 15) is 18.5 Å². The molecule has 0 unspecified atom stereocenters. The van der Waals surface area contributed by atoms with Crippen molar-refractivity contribution in [3.63, 3.8) is 0 Å². The summed E-state index contributed by atoms with van der Waals surface area (Å²) in [6, 6.07) is 19.0. The van der Waals surface area contributed by atoms with Gasteiger partial charge >= 0.3 is 0 Å². The molecule has 0 radical (unpaired) electrons. The van der Waals surface area contributed by atoms with E-state index < -0.39 is 14.9 Å². The molecule has 156 valence electrons. The Bertz CT molecular complexity index is 1390. The molecule has 4 rings (SSSR count). The molecule has 3 aromatic carbocycles. The van der Waals surface area contributed by atoms with Crippen LogP contribution in [0.5, 0.6) is 0 Å². The molecule has 0 atom stereocenters. The number of aromatic nitrogens is 2. The average molecular weight is 500 g/mol. The maximum Gasteiger partial charge on any atom is 0.270 e. The zero-order chi connectivity index (χ0) is 22.0.